The van der Waals surface area contributed by atoms with Gasteiger partial charge in [-0.3, -0.25) is 4.79 Å². The van der Waals surface area contributed by atoms with Crippen molar-refractivity contribution in [1.29, 1.82) is 0 Å². The quantitative estimate of drug-likeness (QED) is 0.633. The van der Waals surface area contributed by atoms with Crippen LogP contribution < -0.4 is 0 Å². The van der Waals surface area contributed by atoms with Crippen molar-refractivity contribution in [2.45, 2.75) is 44.6 Å². The van der Waals surface area contributed by atoms with E-state index in [1.54, 1.807) is 12.1 Å². The lowest BCUT2D eigenvalue weighted by Gasteiger charge is -2.36. The monoisotopic (exact) mass is 419 g/mol. The average molecular weight is 420 g/mol. The molecule has 2 aliphatic heterocycles. The number of H-pyrrole nitrogens is 1. The zero-order valence-corrected chi connectivity index (χ0v) is 17.9. The van der Waals surface area contributed by atoms with Crippen LogP contribution in [0.1, 0.15) is 37.7 Å². The van der Waals surface area contributed by atoms with Gasteiger partial charge in [0, 0.05) is 42.1 Å². The van der Waals surface area contributed by atoms with Crippen LogP contribution in [-0.4, -0.2) is 52.9 Å². The second-order valence-corrected chi connectivity index (χ2v) is 8.89. The fourth-order valence-electron chi connectivity index (χ4n) is 5.31. The van der Waals surface area contributed by atoms with E-state index >= 15 is 0 Å². The molecule has 0 spiro atoms. The third-order valence-corrected chi connectivity index (χ3v) is 6.99. The molecule has 0 unspecified atom stereocenters. The van der Waals surface area contributed by atoms with Gasteiger partial charge in [0.1, 0.15) is 5.82 Å². The molecule has 1 aromatic heterocycles. The summed E-state index contributed by atoms with van der Waals surface area (Å²) in [7, 11) is 0. The Bertz CT molecular complexity index is 1050. The summed E-state index contributed by atoms with van der Waals surface area (Å²) in [5.41, 5.74) is 3.99. The number of hydrogen-bond donors (Lipinski definition) is 1. The van der Waals surface area contributed by atoms with Crippen molar-refractivity contribution in [1.82, 2.24) is 14.8 Å². The number of benzene rings is 2. The molecule has 3 aromatic rings. The molecular weight excluding hydrogens is 389 g/mol. The summed E-state index contributed by atoms with van der Waals surface area (Å²) in [6.07, 6.45) is 5.86. The largest absolute Gasteiger partial charge is 0.354 e. The van der Waals surface area contributed by atoms with Crippen LogP contribution in [0.3, 0.4) is 0 Å². The van der Waals surface area contributed by atoms with Gasteiger partial charge in [0.25, 0.3) is 0 Å². The molecule has 0 radical (unpaired) electrons. The summed E-state index contributed by atoms with van der Waals surface area (Å²) in [6, 6.07) is 15.6. The van der Waals surface area contributed by atoms with Gasteiger partial charge in [0.2, 0.25) is 5.91 Å². The Morgan fingerprint density at radius 1 is 1.00 bits per heavy atom. The summed E-state index contributed by atoms with van der Waals surface area (Å²) < 4.78 is 14.0. The highest BCUT2D eigenvalue weighted by atomic mass is 19.1. The number of fused-ring (bicyclic) bond motifs is 1. The van der Waals surface area contributed by atoms with E-state index in [-0.39, 0.29) is 11.7 Å². The van der Waals surface area contributed by atoms with E-state index in [0.29, 0.717) is 18.9 Å². The summed E-state index contributed by atoms with van der Waals surface area (Å²) >= 11 is 0. The minimum atomic E-state index is -0.248. The molecule has 2 aliphatic rings. The summed E-state index contributed by atoms with van der Waals surface area (Å²) in [4.78, 5) is 21.1. The molecule has 2 saturated heterocycles. The van der Waals surface area contributed by atoms with Crippen LogP contribution in [0.2, 0.25) is 0 Å². The number of piperidine rings is 1. The number of nitrogens with zero attached hydrogens (tertiary/aromatic N) is 2. The van der Waals surface area contributed by atoms with E-state index < -0.39 is 0 Å². The van der Waals surface area contributed by atoms with Gasteiger partial charge < -0.3 is 14.8 Å². The predicted molar refractivity (Wildman–Crippen MR) is 122 cm³/mol. The topological polar surface area (TPSA) is 39.3 Å². The highest BCUT2D eigenvalue weighted by Crippen LogP contribution is 2.32. The average Bonchev–Trinajstić information content (AvgIpc) is 3.46. The highest BCUT2D eigenvalue weighted by Gasteiger charge is 2.28. The van der Waals surface area contributed by atoms with Crippen LogP contribution in [0.4, 0.5) is 4.39 Å². The van der Waals surface area contributed by atoms with Crippen LogP contribution in [-0.2, 0) is 11.2 Å². The number of likely N-dealkylation sites (tertiary alicyclic amines) is 2. The molecule has 5 rings (SSSR count). The maximum Gasteiger partial charge on any atom is 0.222 e. The van der Waals surface area contributed by atoms with Crippen molar-refractivity contribution in [3.05, 3.63) is 59.9 Å². The van der Waals surface area contributed by atoms with Crippen LogP contribution >= 0.6 is 0 Å². The molecule has 1 N–H and O–H groups in total. The van der Waals surface area contributed by atoms with Crippen molar-refractivity contribution in [2.75, 3.05) is 26.2 Å². The fraction of sp³-hybridized carbons (Fsp3) is 0.423. The molecule has 1 amide bonds. The van der Waals surface area contributed by atoms with Gasteiger partial charge in [0.15, 0.2) is 0 Å². The minimum absolute atomic E-state index is 0.213. The molecular formula is C26H30FN3O. The number of carbonyl (C=O) groups excluding carboxylic acids is 1. The Morgan fingerprint density at radius 3 is 2.48 bits per heavy atom. The van der Waals surface area contributed by atoms with Crippen LogP contribution in [0.25, 0.3) is 22.2 Å². The first kappa shape index (κ1) is 20.3. The first-order valence-electron chi connectivity index (χ1n) is 11.6. The zero-order chi connectivity index (χ0) is 21.2. The number of amides is 1. The van der Waals surface area contributed by atoms with Crippen molar-refractivity contribution in [3.8, 4) is 11.3 Å². The molecule has 0 aliphatic carbocycles. The molecule has 3 heterocycles. The van der Waals surface area contributed by atoms with Crippen molar-refractivity contribution < 1.29 is 9.18 Å². The lowest BCUT2D eigenvalue weighted by molar-refractivity contribution is -0.132. The molecule has 0 saturated carbocycles. The lowest BCUT2D eigenvalue weighted by atomic mass is 9.99. The van der Waals surface area contributed by atoms with Crippen LogP contribution in [0.15, 0.2) is 48.5 Å². The van der Waals surface area contributed by atoms with Gasteiger partial charge >= 0.3 is 0 Å². The van der Waals surface area contributed by atoms with Gasteiger partial charge in [-0.15, -0.1) is 0 Å². The van der Waals surface area contributed by atoms with E-state index in [9.17, 15) is 9.18 Å². The first-order valence-corrected chi connectivity index (χ1v) is 11.6. The maximum absolute atomic E-state index is 14.0. The van der Waals surface area contributed by atoms with Crippen LogP contribution in [0, 0.1) is 5.82 Å². The number of hydrogen-bond acceptors (Lipinski definition) is 2. The fourth-order valence-corrected chi connectivity index (χ4v) is 5.31. The Balaban J connectivity index is 1.30. The Hall–Kier alpha value is -2.66. The first-order chi connectivity index (χ1) is 15.2. The number of carbonyl (C=O) groups is 1. The summed E-state index contributed by atoms with van der Waals surface area (Å²) in [6.45, 7) is 4.15. The van der Waals surface area contributed by atoms with Gasteiger partial charge in [-0.25, -0.2) is 4.39 Å². The van der Waals surface area contributed by atoms with E-state index in [4.69, 9.17) is 0 Å². The zero-order valence-electron chi connectivity index (χ0n) is 17.9. The van der Waals surface area contributed by atoms with Gasteiger partial charge in [-0.05, 0) is 74.5 Å². The number of rotatable bonds is 5. The second kappa shape index (κ2) is 8.83. The normalized spacial score (nSPS) is 18.2. The number of aromatic nitrogens is 1. The number of halogens is 1. The Labute approximate surface area is 183 Å². The number of aryl methyl sites for hydroxylation is 1. The second-order valence-electron chi connectivity index (χ2n) is 8.89. The predicted octanol–water partition coefficient (Wildman–Crippen LogP) is 4.99. The van der Waals surface area contributed by atoms with Crippen LogP contribution in [0.5, 0.6) is 0 Å². The van der Waals surface area contributed by atoms with Crippen molar-refractivity contribution in [2.24, 2.45) is 0 Å². The van der Waals surface area contributed by atoms with E-state index in [2.05, 4.69) is 22.0 Å². The molecule has 162 valence electrons. The summed E-state index contributed by atoms with van der Waals surface area (Å²) in [5.74, 6) is -0.0349. The lowest BCUT2D eigenvalue weighted by Crippen LogP contribution is -2.45. The Morgan fingerprint density at radius 2 is 1.74 bits per heavy atom. The van der Waals surface area contributed by atoms with Gasteiger partial charge in [-0.2, -0.15) is 0 Å². The molecule has 31 heavy (non-hydrogen) atoms. The molecule has 5 heteroatoms. The smallest absolute Gasteiger partial charge is 0.222 e. The van der Waals surface area contributed by atoms with Gasteiger partial charge in [0.05, 0.1) is 0 Å². The van der Waals surface area contributed by atoms with E-state index in [1.165, 1.54) is 32.0 Å². The minimum Gasteiger partial charge on any atom is -0.354 e. The van der Waals surface area contributed by atoms with E-state index in [0.717, 1.165) is 53.7 Å². The third-order valence-electron chi connectivity index (χ3n) is 6.99. The van der Waals surface area contributed by atoms with Crippen molar-refractivity contribution >= 4 is 16.8 Å². The molecule has 2 fully saturated rings. The van der Waals surface area contributed by atoms with Gasteiger partial charge in [-0.1, -0.05) is 30.3 Å². The Kier molecular flexibility index (Phi) is 5.77. The summed E-state index contributed by atoms with van der Waals surface area (Å²) in [5, 5.41) is 0.874. The molecule has 0 atom stereocenters. The molecule has 0 bridgehead atoms. The van der Waals surface area contributed by atoms with Crippen molar-refractivity contribution in [3.63, 3.8) is 0 Å². The SMILES string of the molecule is O=C(CCc1c(-c2ccccc2)[nH]c2ccc(F)cc12)N1CCC(N2CCCC2)CC1. The molecule has 4 nitrogen and oxygen atoms in total. The maximum atomic E-state index is 14.0. The number of nitrogens with one attached hydrogen (secondary N) is 1. The third kappa shape index (κ3) is 4.24. The molecule has 2 aromatic carbocycles. The highest BCUT2D eigenvalue weighted by molar-refractivity contribution is 5.91. The number of aromatic amines is 1. The standard InChI is InChI=1S/C26H30FN3O/c27-20-8-10-24-23(18-20)22(26(28-24)19-6-2-1-3-7-19)9-11-25(31)30-16-12-21(13-17-30)29-14-4-5-15-29/h1-3,6-8,10,18,21,28H,4-5,9,11-17H2. The van der Waals surface area contributed by atoms with E-state index in [1.807, 2.05) is 23.1 Å².